The first-order valence-electron chi connectivity index (χ1n) is 11.4. The highest BCUT2D eigenvalue weighted by molar-refractivity contribution is 5.97. The number of carbonyl (C=O) groups is 2. The summed E-state index contributed by atoms with van der Waals surface area (Å²) in [5.74, 6) is -0.896. The molecule has 33 heavy (non-hydrogen) atoms. The van der Waals surface area contributed by atoms with E-state index in [0.717, 1.165) is 11.1 Å². The van der Waals surface area contributed by atoms with Gasteiger partial charge >= 0.3 is 0 Å². The number of ether oxygens (including phenoxy) is 1. The Morgan fingerprint density at radius 3 is 2.36 bits per heavy atom. The van der Waals surface area contributed by atoms with Crippen LogP contribution in [0.3, 0.4) is 0 Å². The lowest BCUT2D eigenvalue weighted by atomic mass is 9.86. The van der Waals surface area contributed by atoms with Crippen molar-refractivity contribution in [2.75, 3.05) is 32.8 Å². The summed E-state index contributed by atoms with van der Waals surface area (Å²) in [6.07, 6.45) is 0. The van der Waals surface area contributed by atoms with Gasteiger partial charge in [0.15, 0.2) is 0 Å². The number of rotatable bonds is 7. The maximum absolute atomic E-state index is 13.8. The second-order valence-electron chi connectivity index (χ2n) is 9.49. The van der Waals surface area contributed by atoms with Gasteiger partial charge in [-0.15, -0.1) is 0 Å². The standard InChI is InChI=1S/C26H34FN3O3/c1-18(29-25(32)19-8-10-21(11-9-19)26(2,3)4)24(31)28-17-23(30-12-14-33-15-13-30)20-6-5-7-22(27)16-20/h5-11,16,18,23H,12-15,17H2,1-4H3,(H,28,31)(H,29,32). The number of carbonyl (C=O) groups excluding carboxylic acids is 2. The molecule has 0 aromatic heterocycles. The normalized spacial score (nSPS) is 16.6. The largest absolute Gasteiger partial charge is 0.379 e. The van der Waals surface area contributed by atoms with Crippen molar-refractivity contribution in [3.8, 4) is 0 Å². The fourth-order valence-corrected chi connectivity index (χ4v) is 3.88. The lowest BCUT2D eigenvalue weighted by Gasteiger charge is -2.35. The van der Waals surface area contributed by atoms with Gasteiger partial charge in [0.25, 0.3) is 5.91 Å². The second-order valence-corrected chi connectivity index (χ2v) is 9.49. The fraction of sp³-hybridized carbons (Fsp3) is 0.462. The zero-order valence-electron chi connectivity index (χ0n) is 19.9. The third kappa shape index (κ3) is 6.85. The first-order chi connectivity index (χ1) is 15.6. The van der Waals surface area contributed by atoms with Gasteiger partial charge in [-0.2, -0.15) is 0 Å². The zero-order valence-corrected chi connectivity index (χ0v) is 19.9. The molecule has 2 atom stereocenters. The molecule has 1 saturated heterocycles. The third-order valence-corrected chi connectivity index (χ3v) is 5.94. The number of halogens is 1. The van der Waals surface area contributed by atoms with Crippen LogP contribution in [-0.2, 0) is 14.9 Å². The van der Waals surface area contributed by atoms with Crippen molar-refractivity contribution >= 4 is 11.8 Å². The smallest absolute Gasteiger partial charge is 0.251 e. The Labute approximate surface area is 195 Å². The topological polar surface area (TPSA) is 70.7 Å². The SMILES string of the molecule is CC(NC(=O)c1ccc(C(C)(C)C)cc1)C(=O)NCC(c1cccc(F)c1)N1CCOCC1. The van der Waals surface area contributed by atoms with Crippen LogP contribution in [-0.4, -0.2) is 55.6 Å². The van der Waals surface area contributed by atoms with Crippen molar-refractivity contribution in [2.45, 2.75) is 45.2 Å². The highest BCUT2D eigenvalue weighted by atomic mass is 19.1. The zero-order chi connectivity index (χ0) is 24.0. The van der Waals surface area contributed by atoms with Crippen LogP contribution in [0.15, 0.2) is 48.5 Å². The molecular weight excluding hydrogens is 421 g/mol. The molecule has 1 aliphatic heterocycles. The van der Waals surface area contributed by atoms with E-state index in [2.05, 4.69) is 36.3 Å². The highest BCUT2D eigenvalue weighted by Gasteiger charge is 2.25. The van der Waals surface area contributed by atoms with Crippen LogP contribution >= 0.6 is 0 Å². The molecule has 6 nitrogen and oxygen atoms in total. The third-order valence-electron chi connectivity index (χ3n) is 5.94. The maximum atomic E-state index is 13.8. The summed E-state index contributed by atoms with van der Waals surface area (Å²) in [6.45, 7) is 10.9. The molecule has 2 aromatic rings. The van der Waals surface area contributed by atoms with Gasteiger partial charge < -0.3 is 15.4 Å². The van der Waals surface area contributed by atoms with E-state index in [1.165, 1.54) is 12.1 Å². The van der Waals surface area contributed by atoms with Crippen molar-refractivity contribution in [1.29, 1.82) is 0 Å². The number of morpholine rings is 1. The lowest BCUT2D eigenvalue weighted by molar-refractivity contribution is -0.122. The Balaban J connectivity index is 1.60. The van der Waals surface area contributed by atoms with Crippen LogP contribution in [0.4, 0.5) is 4.39 Å². The molecule has 1 heterocycles. The fourth-order valence-electron chi connectivity index (χ4n) is 3.88. The molecular formula is C26H34FN3O3. The minimum absolute atomic E-state index is 0.000868. The van der Waals surface area contributed by atoms with Gasteiger partial charge in [0, 0.05) is 25.2 Å². The molecule has 2 aromatic carbocycles. The Hall–Kier alpha value is -2.77. The summed E-state index contributed by atoms with van der Waals surface area (Å²) in [7, 11) is 0. The minimum atomic E-state index is -0.711. The average molecular weight is 456 g/mol. The summed E-state index contributed by atoms with van der Waals surface area (Å²) >= 11 is 0. The van der Waals surface area contributed by atoms with Crippen LogP contribution in [0, 0.1) is 5.82 Å². The van der Waals surface area contributed by atoms with E-state index in [0.29, 0.717) is 38.4 Å². The molecule has 0 aliphatic carbocycles. The predicted molar refractivity (Wildman–Crippen MR) is 127 cm³/mol. The van der Waals surface area contributed by atoms with Crippen molar-refractivity contribution in [1.82, 2.24) is 15.5 Å². The Morgan fingerprint density at radius 2 is 1.76 bits per heavy atom. The van der Waals surface area contributed by atoms with E-state index in [4.69, 9.17) is 4.74 Å². The summed E-state index contributed by atoms with van der Waals surface area (Å²) in [5.41, 5.74) is 2.44. The van der Waals surface area contributed by atoms with Crippen LogP contribution in [0.25, 0.3) is 0 Å². The maximum Gasteiger partial charge on any atom is 0.251 e. The summed E-state index contributed by atoms with van der Waals surface area (Å²) in [6, 6.07) is 13.0. The van der Waals surface area contributed by atoms with E-state index < -0.39 is 6.04 Å². The van der Waals surface area contributed by atoms with Crippen molar-refractivity contribution in [2.24, 2.45) is 0 Å². The number of nitrogens with one attached hydrogen (secondary N) is 2. The van der Waals surface area contributed by atoms with Gasteiger partial charge in [0.05, 0.1) is 19.3 Å². The molecule has 0 spiro atoms. The molecule has 1 fully saturated rings. The monoisotopic (exact) mass is 455 g/mol. The van der Waals surface area contributed by atoms with Gasteiger partial charge in [-0.1, -0.05) is 45.0 Å². The molecule has 7 heteroatoms. The first kappa shape index (κ1) is 24.9. The number of hydrogen-bond donors (Lipinski definition) is 2. The molecule has 0 bridgehead atoms. The number of benzene rings is 2. The number of hydrogen-bond acceptors (Lipinski definition) is 4. The van der Waals surface area contributed by atoms with E-state index >= 15 is 0 Å². The van der Waals surface area contributed by atoms with E-state index in [1.807, 2.05) is 18.2 Å². The quantitative estimate of drug-likeness (QED) is 0.671. The van der Waals surface area contributed by atoms with Gasteiger partial charge in [-0.25, -0.2) is 4.39 Å². The Morgan fingerprint density at radius 1 is 1.09 bits per heavy atom. The van der Waals surface area contributed by atoms with Crippen molar-refractivity contribution < 1.29 is 18.7 Å². The lowest BCUT2D eigenvalue weighted by Crippen LogP contribution is -2.48. The van der Waals surface area contributed by atoms with Crippen LogP contribution in [0.1, 0.15) is 55.2 Å². The molecule has 1 aliphatic rings. The van der Waals surface area contributed by atoms with Crippen LogP contribution in [0.2, 0.25) is 0 Å². The molecule has 2 N–H and O–H groups in total. The van der Waals surface area contributed by atoms with Gasteiger partial charge in [0.2, 0.25) is 5.91 Å². The Kier molecular flexibility index (Phi) is 8.21. The number of nitrogens with zero attached hydrogens (tertiary/aromatic N) is 1. The second kappa shape index (κ2) is 10.9. The van der Waals surface area contributed by atoms with Crippen LogP contribution in [0.5, 0.6) is 0 Å². The van der Waals surface area contributed by atoms with Gasteiger partial charge in [-0.3, -0.25) is 14.5 Å². The first-order valence-corrected chi connectivity index (χ1v) is 11.4. The van der Waals surface area contributed by atoms with Gasteiger partial charge in [-0.05, 0) is 47.7 Å². The highest BCUT2D eigenvalue weighted by Crippen LogP contribution is 2.23. The molecule has 2 unspecified atom stereocenters. The summed E-state index contributed by atoms with van der Waals surface area (Å²) in [5, 5.41) is 5.69. The minimum Gasteiger partial charge on any atom is -0.379 e. The Bertz CT molecular complexity index is 950. The van der Waals surface area contributed by atoms with Crippen molar-refractivity contribution in [3.05, 3.63) is 71.0 Å². The van der Waals surface area contributed by atoms with Crippen molar-refractivity contribution in [3.63, 3.8) is 0 Å². The van der Waals surface area contributed by atoms with Gasteiger partial charge in [0.1, 0.15) is 11.9 Å². The van der Waals surface area contributed by atoms with E-state index in [1.54, 1.807) is 25.1 Å². The molecule has 178 valence electrons. The van der Waals surface area contributed by atoms with E-state index in [9.17, 15) is 14.0 Å². The molecule has 0 radical (unpaired) electrons. The number of amides is 2. The predicted octanol–water partition coefficient (Wildman–Crippen LogP) is 3.43. The van der Waals surface area contributed by atoms with Crippen LogP contribution < -0.4 is 10.6 Å². The van der Waals surface area contributed by atoms with E-state index in [-0.39, 0.29) is 29.1 Å². The average Bonchev–Trinajstić information content (AvgIpc) is 2.79. The molecule has 2 amide bonds. The molecule has 0 saturated carbocycles. The molecule has 3 rings (SSSR count). The summed E-state index contributed by atoms with van der Waals surface area (Å²) in [4.78, 5) is 27.5. The summed E-state index contributed by atoms with van der Waals surface area (Å²) < 4.78 is 19.3.